The molecule has 0 bridgehead atoms. The molecule has 140 valence electrons. The zero-order valence-corrected chi connectivity index (χ0v) is 15.9. The topological polar surface area (TPSA) is 41.8 Å². The first-order valence-corrected chi connectivity index (χ1v) is 10.6. The third kappa shape index (κ3) is 2.01. The average Bonchev–Trinajstić information content (AvgIpc) is 3.28. The molecule has 0 aromatic heterocycles. The maximum atomic E-state index is 9.20. The van der Waals surface area contributed by atoms with Crippen LogP contribution < -0.4 is 0 Å². The van der Waals surface area contributed by atoms with Crippen LogP contribution in [-0.4, -0.2) is 23.1 Å². The summed E-state index contributed by atoms with van der Waals surface area (Å²) < 4.78 is 6.42. The minimum atomic E-state index is 0.0120. The molecule has 0 aromatic carbocycles. The fourth-order valence-electron chi connectivity index (χ4n) is 7.75. The van der Waals surface area contributed by atoms with Crippen molar-refractivity contribution in [1.29, 1.82) is 0 Å². The summed E-state index contributed by atoms with van der Waals surface area (Å²) in [6, 6.07) is 0. The normalized spacial score (nSPS) is 48.4. The van der Waals surface area contributed by atoms with Crippen molar-refractivity contribution in [2.24, 2.45) is 34.2 Å². The molecular formula is C23H31NO2. The van der Waals surface area contributed by atoms with Gasteiger partial charge in [0.2, 0.25) is 0 Å². The zero-order valence-electron chi connectivity index (χ0n) is 15.9. The van der Waals surface area contributed by atoms with Gasteiger partial charge in [0.1, 0.15) is 0 Å². The van der Waals surface area contributed by atoms with E-state index in [-0.39, 0.29) is 5.60 Å². The Balaban J connectivity index is 1.51. The first kappa shape index (κ1) is 16.8. The number of nitrogens with zero attached hydrogens (tertiary/aromatic N) is 1. The molecule has 3 nitrogen and oxygen atoms in total. The van der Waals surface area contributed by atoms with Crippen LogP contribution in [0.15, 0.2) is 41.1 Å². The summed E-state index contributed by atoms with van der Waals surface area (Å²) in [6.45, 7) is 7.65. The molecule has 6 atom stereocenters. The van der Waals surface area contributed by atoms with Crippen molar-refractivity contribution in [3.8, 4) is 0 Å². The van der Waals surface area contributed by atoms with E-state index in [0.717, 1.165) is 49.3 Å². The van der Waals surface area contributed by atoms with Gasteiger partial charge in [-0.3, -0.25) is 0 Å². The lowest BCUT2D eigenvalue weighted by atomic mass is 9.49. The van der Waals surface area contributed by atoms with E-state index in [0.29, 0.717) is 11.3 Å². The number of hydrogen-bond acceptors (Lipinski definition) is 3. The fourth-order valence-corrected chi connectivity index (χ4v) is 7.75. The molecule has 1 aliphatic heterocycles. The molecule has 5 aliphatic rings. The first-order valence-electron chi connectivity index (χ1n) is 10.6. The Morgan fingerprint density at radius 3 is 2.88 bits per heavy atom. The van der Waals surface area contributed by atoms with E-state index in [1.807, 2.05) is 0 Å². The average molecular weight is 354 g/mol. The van der Waals surface area contributed by atoms with Gasteiger partial charge in [-0.05, 0) is 86.7 Å². The summed E-state index contributed by atoms with van der Waals surface area (Å²) in [5.41, 5.74) is 3.86. The van der Waals surface area contributed by atoms with Crippen LogP contribution in [0.3, 0.4) is 0 Å². The molecular weight excluding hydrogens is 322 g/mol. The van der Waals surface area contributed by atoms with Crippen molar-refractivity contribution < 1.29 is 9.94 Å². The minimum absolute atomic E-state index is 0.0120. The van der Waals surface area contributed by atoms with E-state index >= 15 is 0 Å². The van der Waals surface area contributed by atoms with E-state index in [2.05, 4.69) is 36.9 Å². The Hall–Kier alpha value is -1.35. The molecule has 3 saturated carbocycles. The predicted molar refractivity (Wildman–Crippen MR) is 103 cm³/mol. The molecule has 4 aliphatic carbocycles. The van der Waals surface area contributed by atoms with Gasteiger partial charge >= 0.3 is 0 Å². The summed E-state index contributed by atoms with van der Waals surface area (Å²) in [5.74, 6) is 2.92. The van der Waals surface area contributed by atoms with Crippen LogP contribution in [0, 0.1) is 29.1 Å². The molecule has 0 amide bonds. The number of hydrogen-bond donors (Lipinski definition) is 1. The Morgan fingerprint density at radius 2 is 2.15 bits per heavy atom. The Bertz CT molecular complexity index is 720. The van der Waals surface area contributed by atoms with Gasteiger partial charge in [0.25, 0.3) is 0 Å². The smallest absolute Gasteiger partial charge is 0.0926 e. The monoisotopic (exact) mass is 353 g/mol. The third-order valence-corrected chi connectivity index (χ3v) is 8.79. The molecule has 3 heteroatoms. The van der Waals surface area contributed by atoms with Crippen molar-refractivity contribution in [3.63, 3.8) is 0 Å². The van der Waals surface area contributed by atoms with Crippen molar-refractivity contribution >= 4 is 5.71 Å². The van der Waals surface area contributed by atoms with Gasteiger partial charge in [-0.15, -0.1) is 0 Å². The number of allylic oxidation sites excluding steroid dienone is 3. The molecule has 1 N–H and O–H groups in total. The highest BCUT2D eigenvalue weighted by molar-refractivity contribution is 5.96. The second-order valence-electron chi connectivity index (χ2n) is 9.27. The van der Waals surface area contributed by atoms with Crippen molar-refractivity contribution in [3.05, 3.63) is 36.0 Å². The molecule has 1 spiro atoms. The first-order chi connectivity index (χ1) is 12.6. The van der Waals surface area contributed by atoms with Gasteiger partial charge in [0, 0.05) is 5.41 Å². The van der Waals surface area contributed by atoms with E-state index in [1.54, 1.807) is 0 Å². The summed E-state index contributed by atoms with van der Waals surface area (Å²) in [4.78, 5) is 0. The highest BCUT2D eigenvalue weighted by atomic mass is 16.5. The summed E-state index contributed by atoms with van der Waals surface area (Å²) in [7, 11) is 0. The van der Waals surface area contributed by atoms with Gasteiger partial charge in [-0.1, -0.05) is 36.4 Å². The lowest BCUT2D eigenvalue weighted by molar-refractivity contribution is -0.120. The second-order valence-corrected chi connectivity index (χ2v) is 9.27. The van der Waals surface area contributed by atoms with Gasteiger partial charge in [-0.25, -0.2) is 0 Å². The lowest BCUT2D eigenvalue weighted by Crippen LogP contribution is -2.53. The predicted octanol–water partition coefficient (Wildman–Crippen LogP) is 5.27. The van der Waals surface area contributed by atoms with Crippen LogP contribution in [0.4, 0.5) is 0 Å². The Morgan fingerprint density at radius 1 is 1.27 bits per heavy atom. The van der Waals surface area contributed by atoms with Crippen molar-refractivity contribution in [2.45, 2.75) is 63.9 Å². The molecule has 3 unspecified atom stereocenters. The van der Waals surface area contributed by atoms with Crippen molar-refractivity contribution in [1.82, 2.24) is 0 Å². The largest absolute Gasteiger partial charge is 0.411 e. The van der Waals surface area contributed by atoms with Crippen LogP contribution in [0.5, 0.6) is 0 Å². The van der Waals surface area contributed by atoms with E-state index in [4.69, 9.17) is 4.74 Å². The summed E-state index contributed by atoms with van der Waals surface area (Å²) in [6.07, 6.45) is 16.3. The summed E-state index contributed by atoms with van der Waals surface area (Å²) >= 11 is 0. The molecule has 3 fully saturated rings. The maximum absolute atomic E-state index is 9.20. The van der Waals surface area contributed by atoms with Crippen LogP contribution in [0.25, 0.3) is 0 Å². The zero-order chi connectivity index (χ0) is 17.9. The quantitative estimate of drug-likeness (QED) is 0.396. The Labute approximate surface area is 156 Å². The minimum Gasteiger partial charge on any atom is -0.411 e. The standard InChI is InChI=1S/C23H31NO2/c1-3-22-10-7-18-17-6-5-16(24-25)14-19(17)15(2)13-20(18)21(22)8-11-23(22)9-4-12-26-23/h4,9,14,17-18,20-21,25H,2-3,5-8,10-13H2,1H3/b24-16+/t17-,18?,20?,21?,22+,23+/m1/s1. The molecule has 0 aromatic rings. The number of fused-ring (bicyclic) bond motifs is 6. The molecule has 0 saturated heterocycles. The summed E-state index contributed by atoms with van der Waals surface area (Å²) in [5, 5.41) is 12.7. The molecule has 1 heterocycles. The molecule has 26 heavy (non-hydrogen) atoms. The second kappa shape index (κ2) is 5.82. The Kier molecular flexibility index (Phi) is 3.76. The van der Waals surface area contributed by atoms with Gasteiger partial charge < -0.3 is 9.94 Å². The number of oxime groups is 1. The van der Waals surface area contributed by atoms with E-state index in [9.17, 15) is 5.21 Å². The van der Waals surface area contributed by atoms with Gasteiger partial charge in [-0.2, -0.15) is 0 Å². The highest BCUT2D eigenvalue weighted by Crippen LogP contribution is 2.68. The molecule has 0 radical (unpaired) electrons. The number of rotatable bonds is 1. The lowest BCUT2D eigenvalue weighted by Gasteiger charge is -2.57. The fraction of sp³-hybridized carbons (Fsp3) is 0.696. The third-order valence-electron chi connectivity index (χ3n) is 8.79. The van der Waals surface area contributed by atoms with E-state index in [1.165, 1.54) is 43.3 Å². The van der Waals surface area contributed by atoms with Gasteiger partial charge in [0.15, 0.2) is 0 Å². The highest BCUT2D eigenvalue weighted by Gasteiger charge is 2.64. The van der Waals surface area contributed by atoms with Crippen molar-refractivity contribution in [2.75, 3.05) is 6.61 Å². The van der Waals surface area contributed by atoms with Gasteiger partial charge in [0.05, 0.1) is 17.9 Å². The van der Waals surface area contributed by atoms with Crippen LogP contribution in [-0.2, 0) is 4.74 Å². The van der Waals surface area contributed by atoms with Crippen LogP contribution in [0.1, 0.15) is 58.3 Å². The molecule has 5 rings (SSSR count). The van der Waals surface area contributed by atoms with Crippen LogP contribution >= 0.6 is 0 Å². The SMILES string of the molecule is C=C1CC2C(CC[C@@]3(CC)C2CC[C@@]32C=CCO2)[C@H]2CC/C(=N\O)C=C12. The van der Waals surface area contributed by atoms with E-state index < -0.39 is 0 Å². The number of ether oxygens (including phenoxy) is 1. The maximum Gasteiger partial charge on any atom is 0.0926 e. The van der Waals surface area contributed by atoms with Crippen LogP contribution in [0.2, 0.25) is 0 Å².